The number of hydrogen-bond acceptors (Lipinski definition) is 3. The van der Waals surface area contributed by atoms with Crippen LogP contribution in [0.1, 0.15) is 43.4 Å². The van der Waals surface area contributed by atoms with Crippen LogP contribution in [0.15, 0.2) is 18.2 Å². The van der Waals surface area contributed by atoms with Crippen molar-refractivity contribution in [3.63, 3.8) is 0 Å². The molecule has 0 aliphatic heterocycles. The zero-order valence-electron chi connectivity index (χ0n) is 10.0. The highest BCUT2D eigenvalue weighted by Crippen LogP contribution is 2.29. The maximum Gasteiger partial charge on any atom is 0.123 e. The number of nitrogens with zero attached hydrogens (tertiary/aromatic N) is 1. The molecule has 16 heavy (non-hydrogen) atoms. The lowest BCUT2D eigenvalue weighted by Gasteiger charge is -2.16. The van der Waals surface area contributed by atoms with Gasteiger partial charge in [0.05, 0.1) is 19.6 Å². The third-order valence-corrected chi connectivity index (χ3v) is 2.63. The van der Waals surface area contributed by atoms with E-state index < -0.39 is 0 Å². The smallest absolute Gasteiger partial charge is 0.123 e. The van der Waals surface area contributed by atoms with E-state index in [2.05, 4.69) is 19.9 Å². The van der Waals surface area contributed by atoms with Crippen LogP contribution in [0.3, 0.4) is 0 Å². The number of hydrogen-bond donors (Lipinski definition) is 1. The normalized spacial score (nSPS) is 12.2. The maximum atomic E-state index is 8.67. The quantitative estimate of drug-likeness (QED) is 0.845. The largest absolute Gasteiger partial charge is 0.496 e. The highest BCUT2D eigenvalue weighted by Gasteiger charge is 2.13. The van der Waals surface area contributed by atoms with E-state index >= 15 is 0 Å². The van der Waals surface area contributed by atoms with Crippen molar-refractivity contribution in [1.82, 2.24) is 0 Å². The van der Waals surface area contributed by atoms with E-state index in [1.54, 1.807) is 7.11 Å². The lowest BCUT2D eigenvalue weighted by atomic mass is 9.96. The Morgan fingerprint density at radius 3 is 2.62 bits per heavy atom. The van der Waals surface area contributed by atoms with E-state index in [9.17, 15) is 0 Å². The van der Waals surface area contributed by atoms with E-state index in [0.29, 0.717) is 12.3 Å². The average molecular weight is 218 g/mol. The topological polar surface area (TPSA) is 59.0 Å². The van der Waals surface area contributed by atoms with Gasteiger partial charge in [-0.2, -0.15) is 5.26 Å². The Balaban J connectivity index is 3.12. The molecule has 1 aromatic carbocycles. The summed E-state index contributed by atoms with van der Waals surface area (Å²) in [6, 6.07) is 7.79. The molecular weight excluding hydrogens is 200 g/mol. The van der Waals surface area contributed by atoms with Gasteiger partial charge in [-0.25, -0.2) is 0 Å². The first kappa shape index (κ1) is 12.5. The van der Waals surface area contributed by atoms with Gasteiger partial charge in [0.25, 0.3) is 0 Å². The molecule has 0 amide bonds. The van der Waals surface area contributed by atoms with Crippen molar-refractivity contribution in [2.75, 3.05) is 7.11 Å². The van der Waals surface area contributed by atoms with Crippen LogP contribution >= 0.6 is 0 Å². The molecule has 1 atom stereocenters. The minimum absolute atomic E-state index is 0.279. The standard InChI is InChI=1S/C13H18N2O/c1-9(2)10-4-5-13(16-3)11(8-10)12(15)6-7-14/h4-5,8-9,12H,6,15H2,1-3H3/t12-/m1/s1. The Bertz CT molecular complexity index is 393. The van der Waals surface area contributed by atoms with E-state index in [-0.39, 0.29) is 6.04 Å². The van der Waals surface area contributed by atoms with E-state index in [0.717, 1.165) is 11.3 Å². The molecule has 0 fully saturated rings. The molecule has 0 aromatic heterocycles. The van der Waals surface area contributed by atoms with Gasteiger partial charge in [-0.3, -0.25) is 0 Å². The summed E-state index contributed by atoms with van der Waals surface area (Å²) in [5.41, 5.74) is 8.07. The number of methoxy groups -OCH3 is 1. The van der Waals surface area contributed by atoms with E-state index in [1.165, 1.54) is 5.56 Å². The molecule has 0 unspecified atom stereocenters. The first-order chi connectivity index (χ1) is 7.60. The monoisotopic (exact) mass is 218 g/mol. The predicted molar refractivity (Wildman–Crippen MR) is 64.2 cm³/mol. The van der Waals surface area contributed by atoms with Gasteiger partial charge < -0.3 is 10.5 Å². The van der Waals surface area contributed by atoms with E-state index in [4.69, 9.17) is 15.7 Å². The Kier molecular flexibility index (Phi) is 4.33. The second kappa shape index (κ2) is 5.53. The second-order valence-corrected chi connectivity index (χ2v) is 4.12. The van der Waals surface area contributed by atoms with Crippen molar-refractivity contribution in [3.8, 4) is 11.8 Å². The van der Waals surface area contributed by atoms with Crippen LogP contribution in [0.2, 0.25) is 0 Å². The summed E-state index contributed by atoms with van der Waals surface area (Å²) in [5, 5.41) is 8.67. The molecule has 0 aliphatic carbocycles. The minimum Gasteiger partial charge on any atom is -0.496 e. The molecule has 0 bridgehead atoms. The third-order valence-electron chi connectivity index (χ3n) is 2.63. The molecule has 0 saturated carbocycles. The molecule has 1 aromatic rings. The Morgan fingerprint density at radius 2 is 2.12 bits per heavy atom. The Morgan fingerprint density at radius 1 is 1.44 bits per heavy atom. The van der Waals surface area contributed by atoms with Crippen molar-refractivity contribution < 1.29 is 4.74 Å². The first-order valence-electron chi connectivity index (χ1n) is 5.40. The van der Waals surface area contributed by atoms with Crippen LogP contribution in [0.5, 0.6) is 5.75 Å². The van der Waals surface area contributed by atoms with Crippen molar-refractivity contribution in [2.45, 2.75) is 32.2 Å². The summed E-state index contributed by atoms with van der Waals surface area (Å²) in [7, 11) is 1.62. The Hall–Kier alpha value is -1.53. The van der Waals surface area contributed by atoms with Crippen LogP contribution in [-0.4, -0.2) is 7.11 Å². The summed E-state index contributed by atoms with van der Waals surface area (Å²) in [4.78, 5) is 0. The molecule has 1 rings (SSSR count). The fourth-order valence-corrected chi connectivity index (χ4v) is 1.61. The Labute approximate surface area is 96.8 Å². The van der Waals surface area contributed by atoms with Crippen LogP contribution in [-0.2, 0) is 0 Å². The molecule has 2 N–H and O–H groups in total. The number of ether oxygens (including phenoxy) is 1. The molecule has 0 aliphatic rings. The number of nitriles is 1. The van der Waals surface area contributed by atoms with Gasteiger partial charge in [0, 0.05) is 11.6 Å². The van der Waals surface area contributed by atoms with Crippen LogP contribution in [0.4, 0.5) is 0 Å². The molecule has 0 heterocycles. The average Bonchev–Trinajstić information content (AvgIpc) is 2.28. The van der Waals surface area contributed by atoms with Gasteiger partial charge in [-0.05, 0) is 17.5 Å². The van der Waals surface area contributed by atoms with E-state index in [1.807, 2.05) is 18.2 Å². The minimum atomic E-state index is -0.279. The van der Waals surface area contributed by atoms with Crippen molar-refractivity contribution in [1.29, 1.82) is 5.26 Å². The SMILES string of the molecule is COc1ccc(C(C)C)cc1[C@H](N)CC#N. The fraction of sp³-hybridized carbons (Fsp3) is 0.462. The zero-order valence-corrected chi connectivity index (χ0v) is 10.0. The molecule has 86 valence electrons. The summed E-state index contributed by atoms with van der Waals surface area (Å²) in [6.07, 6.45) is 0.303. The molecule has 3 heteroatoms. The fourth-order valence-electron chi connectivity index (χ4n) is 1.61. The van der Waals surface area contributed by atoms with Crippen molar-refractivity contribution in [2.24, 2.45) is 5.73 Å². The maximum absolute atomic E-state index is 8.67. The van der Waals surface area contributed by atoms with Crippen molar-refractivity contribution in [3.05, 3.63) is 29.3 Å². The molecule has 0 spiro atoms. The van der Waals surface area contributed by atoms with Crippen molar-refractivity contribution >= 4 is 0 Å². The summed E-state index contributed by atoms with van der Waals surface area (Å²) >= 11 is 0. The zero-order chi connectivity index (χ0) is 12.1. The molecule has 3 nitrogen and oxygen atoms in total. The van der Waals surface area contributed by atoms with Gasteiger partial charge in [0.15, 0.2) is 0 Å². The predicted octanol–water partition coefficient (Wildman–Crippen LogP) is 2.73. The number of rotatable bonds is 4. The van der Waals surface area contributed by atoms with Gasteiger partial charge in [0.1, 0.15) is 5.75 Å². The number of nitrogens with two attached hydrogens (primary N) is 1. The highest BCUT2D eigenvalue weighted by atomic mass is 16.5. The van der Waals surface area contributed by atoms with Gasteiger partial charge in [-0.15, -0.1) is 0 Å². The van der Waals surface area contributed by atoms with Gasteiger partial charge >= 0.3 is 0 Å². The number of benzene rings is 1. The van der Waals surface area contributed by atoms with Crippen LogP contribution < -0.4 is 10.5 Å². The van der Waals surface area contributed by atoms with Gasteiger partial charge in [-0.1, -0.05) is 26.0 Å². The first-order valence-corrected chi connectivity index (χ1v) is 5.40. The highest BCUT2D eigenvalue weighted by molar-refractivity contribution is 5.40. The van der Waals surface area contributed by atoms with Crippen LogP contribution in [0.25, 0.3) is 0 Å². The second-order valence-electron chi connectivity index (χ2n) is 4.12. The van der Waals surface area contributed by atoms with Crippen LogP contribution in [0, 0.1) is 11.3 Å². The molecular formula is C13H18N2O. The lowest BCUT2D eigenvalue weighted by Crippen LogP contribution is -2.11. The summed E-state index contributed by atoms with van der Waals surface area (Å²) < 4.78 is 5.26. The molecule has 0 radical (unpaired) electrons. The summed E-state index contributed by atoms with van der Waals surface area (Å²) in [5.74, 6) is 1.20. The lowest BCUT2D eigenvalue weighted by molar-refractivity contribution is 0.405. The molecule has 0 saturated heterocycles. The van der Waals surface area contributed by atoms with Gasteiger partial charge in [0.2, 0.25) is 0 Å². The third kappa shape index (κ3) is 2.74. The summed E-state index contributed by atoms with van der Waals surface area (Å²) in [6.45, 7) is 4.25.